The second-order valence-electron chi connectivity index (χ2n) is 5.93. The molecule has 0 spiro atoms. The summed E-state index contributed by atoms with van der Waals surface area (Å²) in [5.41, 5.74) is 5.71. The number of aliphatic hydroxyl groups excluding tert-OH is 7. The molecule has 0 aromatic carbocycles. The van der Waals surface area contributed by atoms with Gasteiger partial charge in [0.15, 0.2) is 12.6 Å². The van der Waals surface area contributed by atoms with Gasteiger partial charge in [0.05, 0.1) is 13.2 Å². The molecule has 0 aliphatic carbocycles. The van der Waals surface area contributed by atoms with E-state index in [1.807, 2.05) is 0 Å². The van der Waals surface area contributed by atoms with E-state index in [4.69, 9.17) is 24.8 Å². The van der Waals surface area contributed by atoms with Crippen LogP contribution in [0.4, 0.5) is 0 Å². The Hall–Kier alpha value is -1.13. The van der Waals surface area contributed by atoms with E-state index in [2.05, 4.69) is 10.0 Å². The first-order valence-electron chi connectivity index (χ1n) is 7.58. The quantitative estimate of drug-likeness (QED) is 0.127. The van der Waals surface area contributed by atoms with E-state index in [1.54, 1.807) is 0 Å². The fourth-order valence-corrected chi connectivity index (χ4v) is 2.76. The third kappa shape index (κ3) is 3.63. The van der Waals surface area contributed by atoms with Gasteiger partial charge in [-0.05, 0) is 5.53 Å². The van der Waals surface area contributed by atoms with E-state index in [9.17, 15) is 35.7 Å². The van der Waals surface area contributed by atoms with Crippen molar-refractivity contribution in [2.45, 2.75) is 61.0 Å². The van der Waals surface area contributed by atoms with Crippen LogP contribution in [-0.4, -0.2) is 115 Å². The average molecular weight is 383 g/mol. The number of hydrogen-bond donors (Lipinski definition) is 8. The first-order chi connectivity index (χ1) is 12.2. The lowest BCUT2D eigenvalue weighted by molar-refractivity contribution is -0.383. The summed E-state index contributed by atoms with van der Waals surface area (Å²) in [5.74, 6) is 0. The molecular weight excluding hydrogens is 362 g/mol. The number of hydrogen-bond acceptors (Lipinski definition) is 12. The van der Waals surface area contributed by atoms with Gasteiger partial charge in [-0.2, -0.15) is 0 Å². The first kappa shape index (κ1) is 21.2. The highest BCUT2D eigenvalue weighted by atomic mass is 16.7. The highest BCUT2D eigenvalue weighted by Gasteiger charge is 2.57. The Balaban J connectivity index is 2.27. The van der Waals surface area contributed by atoms with Crippen LogP contribution in [0.5, 0.6) is 0 Å². The second kappa shape index (κ2) is 8.26. The van der Waals surface area contributed by atoms with Gasteiger partial charge in [0.2, 0.25) is 5.72 Å². The van der Waals surface area contributed by atoms with Gasteiger partial charge in [0.1, 0.15) is 42.7 Å². The number of aliphatic hydroxyl groups is 8. The number of rotatable bonds is 5. The summed E-state index contributed by atoms with van der Waals surface area (Å²) >= 11 is 0. The van der Waals surface area contributed by atoms with Gasteiger partial charge in [0.25, 0.3) is 0 Å². The van der Waals surface area contributed by atoms with E-state index in [-0.39, 0.29) is 0 Å². The minimum Gasteiger partial charge on any atom is -0.394 e. The van der Waals surface area contributed by atoms with E-state index in [0.717, 1.165) is 0 Å². The topological polar surface area (TPSA) is 238 Å². The Labute approximate surface area is 146 Å². The highest BCUT2D eigenvalue weighted by Crippen LogP contribution is 2.35. The van der Waals surface area contributed by atoms with Gasteiger partial charge in [0, 0.05) is 4.91 Å². The summed E-state index contributed by atoms with van der Waals surface area (Å²) in [4.78, 5) is 2.33. The molecule has 14 heteroatoms. The smallest absolute Gasteiger partial charge is 0.223 e. The van der Waals surface area contributed by atoms with Gasteiger partial charge in [-0.3, -0.25) is 0 Å². The Morgan fingerprint density at radius 1 is 0.962 bits per heavy atom. The van der Waals surface area contributed by atoms with E-state index in [0.29, 0.717) is 0 Å². The molecule has 10 atom stereocenters. The lowest BCUT2D eigenvalue weighted by atomic mass is 9.93. The molecule has 2 heterocycles. The minimum absolute atomic E-state index is 0.720. The van der Waals surface area contributed by atoms with Crippen molar-refractivity contribution in [1.29, 1.82) is 0 Å². The highest BCUT2D eigenvalue weighted by molar-refractivity contribution is 5.00. The third-order valence-corrected chi connectivity index (χ3v) is 4.29. The van der Waals surface area contributed by atoms with E-state index < -0.39 is 74.2 Å². The lowest BCUT2D eigenvalue weighted by Crippen LogP contribution is -2.68. The fraction of sp³-hybridized carbons (Fsp3) is 1.00. The summed E-state index contributed by atoms with van der Waals surface area (Å²) in [6, 6.07) is 0. The van der Waals surface area contributed by atoms with Crippen LogP contribution in [0.2, 0.25) is 0 Å². The molecule has 0 unspecified atom stereocenters. The molecule has 26 heavy (non-hydrogen) atoms. The maximum Gasteiger partial charge on any atom is 0.223 e. The van der Waals surface area contributed by atoms with Gasteiger partial charge in [-0.15, -0.1) is 0 Å². The zero-order valence-electron chi connectivity index (χ0n) is 13.3. The molecule has 0 saturated carbocycles. The standard InChI is InChI=1S/C12H21N3O11/c13-15-14-12(23)9(21)6(19)4(2-17)25-11(12)26-8-7(20)5(18)3(1-16)24-10(8)22/h3-11,16-23H,1-2H2/t3-,4-,5-,6-,7+,8-,9+,10+,11-,12-/m1/s1. The zero-order valence-corrected chi connectivity index (χ0v) is 13.3. The molecule has 2 fully saturated rings. The van der Waals surface area contributed by atoms with E-state index in [1.165, 1.54) is 0 Å². The monoisotopic (exact) mass is 383 g/mol. The predicted molar refractivity (Wildman–Crippen MR) is 76.7 cm³/mol. The van der Waals surface area contributed by atoms with Crippen LogP contribution >= 0.6 is 0 Å². The maximum absolute atomic E-state index is 10.4. The first-order valence-corrected chi connectivity index (χ1v) is 7.58. The van der Waals surface area contributed by atoms with E-state index >= 15 is 0 Å². The third-order valence-electron chi connectivity index (χ3n) is 4.29. The molecule has 0 amide bonds. The SMILES string of the molecule is [N-]=[N+]=N[C@]1(O)[C@@H](O[C@@H]2[C@@H](O)[C@H](O)[C@@H](CO)O[C@@H]2O)O[C@H](CO)[C@@H](O)[C@@H]1O. The van der Waals surface area contributed by atoms with Crippen molar-refractivity contribution in [2.75, 3.05) is 13.2 Å². The lowest BCUT2D eigenvalue weighted by Gasteiger charge is -2.48. The molecule has 14 nitrogen and oxygen atoms in total. The normalized spacial score (nSPS) is 49.5. The zero-order chi connectivity index (χ0) is 19.6. The molecule has 2 rings (SSSR count). The molecule has 2 saturated heterocycles. The van der Waals surface area contributed by atoms with Crippen molar-refractivity contribution in [3.8, 4) is 0 Å². The summed E-state index contributed by atoms with van der Waals surface area (Å²) in [6.07, 6.45) is -16.0. The molecule has 2 aliphatic heterocycles. The molecule has 150 valence electrons. The average Bonchev–Trinajstić information content (AvgIpc) is 2.62. The number of ether oxygens (including phenoxy) is 3. The second-order valence-corrected chi connectivity index (χ2v) is 5.93. The van der Waals surface area contributed by atoms with Crippen LogP contribution in [0.1, 0.15) is 0 Å². The number of nitrogens with zero attached hydrogens (tertiary/aromatic N) is 3. The van der Waals surface area contributed by atoms with Crippen molar-refractivity contribution in [1.82, 2.24) is 0 Å². The Morgan fingerprint density at radius 2 is 1.54 bits per heavy atom. The molecule has 0 aromatic heterocycles. The van der Waals surface area contributed by atoms with Crippen molar-refractivity contribution in [3.63, 3.8) is 0 Å². The van der Waals surface area contributed by atoms with Crippen molar-refractivity contribution < 1.29 is 55.1 Å². The van der Waals surface area contributed by atoms with Crippen molar-refractivity contribution in [3.05, 3.63) is 10.4 Å². The van der Waals surface area contributed by atoms with Gasteiger partial charge >= 0.3 is 0 Å². The van der Waals surface area contributed by atoms with Gasteiger partial charge in [-0.25, -0.2) is 0 Å². The summed E-state index contributed by atoms with van der Waals surface area (Å²) in [6.45, 7) is -1.53. The minimum atomic E-state index is -2.89. The summed E-state index contributed by atoms with van der Waals surface area (Å²) in [5, 5.41) is 81.2. The van der Waals surface area contributed by atoms with Crippen LogP contribution in [-0.2, 0) is 14.2 Å². The molecule has 2 aliphatic rings. The van der Waals surface area contributed by atoms with Crippen LogP contribution in [0.15, 0.2) is 5.11 Å². The molecule has 0 aromatic rings. The fourth-order valence-electron chi connectivity index (χ4n) is 2.76. The van der Waals surface area contributed by atoms with Gasteiger partial charge in [-0.1, -0.05) is 5.11 Å². The van der Waals surface area contributed by atoms with Gasteiger partial charge < -0.3 is 55.1 Å². The Morgan fingerprint density at radius 3 is 2.08 bits per heavy atom. The summed E-state index contributed by atoms with van der Waals surface area (Å²) in [7, 11) is 0. The molecule has 0 radical (unpaired) electrons. The molecule has 8 N–H and O–H groups in total. The summed E-state index contributed by atoms with van der Waals surface area (Å²) < 4.78 is 15.1. The predicted octanol–water partition coefficient (Wildman–Crippen LogP) is -4.76. The van der Waals surface area contributed by atoms with Crippen LogP contribution < -0.4 is 0 Å². The maximum atomic E-state index is 10.4. The van der Waals surface area contributed by atoms with Crippen LogP contribution in [0.3, 0.4) is 0 Å². The van der Waals surface area contributed by atoms with Crippen LogP contribution in [0.25, 0.3) is 10.4 Å². The molecule has 0 bridgehead atoms. The van der Waals surface area contributed by atoms with Crippen molar-refractivity contribution in [2.24, 2.45) is 5.11 Å². The molecular formula is C12H21N3O11. The Kier molecular flexibility index (Phi) is 6.73. The Bertz CT molecular complexity index is 535. The number of azide groups is 1. The largest absolute Gasteiger partial charge is 0.394 e. The van der Waals surface area contributed by atoms with Crippen LogP contribution in [0, 0.1) is 0 Å². The van der Waals surface area contributed by atoms with Crippen molar-refractivity contribution >= 4 is 0 Å².